The van der Waals surface area contributed by atoms with E-state index in [9.17, 15) is 14.4 Å². The van der Waals surface area contributed by atoms with Crippen molar-refractivity contribution in [3.05, 3.63) is 70.2 Å². The molecule has 158 valence electrons. The van der Waals surface area contributed by atoms with Gasteiger partial charge in [-0.1, -0.05) is 67.4 Å². The van der Waals surface area contributed by atoms with E-state index in [1.807, 2.05) is 42.5 Å². The molecule has 2 atom stereocenters. The van der Waals surface area contributed by atoms with Crippen LogP contribution in [0.25, 0.3) is 0 Å². The standard InChI is InChI=1S/C23H26ClN3O3/c1-4-7-16-10-12-17(13-11-16)23(3)21(29)27(22(30)26-23)14-20(28)25-15(2)18-8-5-6-9-19(18)24/h5-6,8-13,15H,4,7,14H2,1-3H3,(H,25,28)(H,26,30). The zero-order valence-electron chi connectivity index (χ0n) is 17.4. The Hall–Kier alpha value is -2.86. The number of benzene rings is 2. The van der Waals surface area contributed by atoms with E-state index in [1.54, 1.807) is 19.9 Å². The lowest BCUT2D eigenvalue weighted by atomic mass is 9.91. The summed E-state index contributed by atoms with van der Waals surface area (Å²) in [5.41, 5.74) is 1.43. The summed E-state index contributed by atoms with van der Waals surface area (Å²) in [4.78, 5) is 39.0. The maximum Gasteiger partial charge on any atom is 0.325 e. The highest BCUT2D eigenvalue weighted by atomic mass is 35.5. The van der Waals surface area contributed by atoms with Crippen LogP contribution in [0, 0.1) is 0 Å². The molecule has 2 aromatic carbocycles. The van der Waals surface area contributed by atoms with Gasteiger partial charge in [0.15, 0.2) is 0 Å². The zero-order valence-corrected chi connectivity index (χ0v) is 18.1. The van der Waals surface area contributed by atoms with Crippen molar-refractivity contribution < 1.29 is 14.4 Å². The third-order valence-corrected chi connectivity index (χ3v) is 5.74. The van der Waals surface area contributed by atoms with Gasteiger partial charge in [0.05, 0.1) is 6.04 Å². The Morgan fingerprint density at radius 3 is 2.47 bits per heavy atom. The minimum atomic E-state index is -1.20. The number of amides is 4. The average molecular weight is 428 g/mol. The fourth-order valence-corrected chi connectivity index (χ4v) is 3.96. The highest BCUT2D eigenvalue weighted by Crippen LogP contribution is 2.29. The Labute approximate surface area is 181 Å². The molecule has 2 unspecified atom stereocenters. The predicted octanol–water partition coefficient (Wildman–Crippen LogP) is 3.94. The van der Waals surface area contributed by atoms with Crippen molar-refractivity contribution in [2.24, 2.45) is 0 Å². The third-order valence-electron chi connectivity index (χ3n) is 5.40. The SMILES string of the molecule is CCCc1ccc(C2(C)NC(=O)N(CC(=O)NC(C)c3ccccc3Cl)C2=O)cc1. The number of imide groups is 1. The Morgan fingerprint density at radius 2 is 1.83 bits per heavy atom. The van der Waals surface area contributed by atoms with Crippen LogP contribution in [0.1, 0.15) is 49.9 Å². The predicted molar refractivity (Wildman–Crippen MR) is 116 cm³/mol. The normalized spacial score (nSPS) is 19.5. The van der Waals surface area contributed by atoms with E-state index >= 15 is 0 Å². The number of carbonyl (C=O) groups is 3. The number of aryl methyl sites for hydroxylation is 1. The Morgan fingerprint density at radius 1 is 1.17 bits per heavy atom. The van der Waals surface area contributed by atoms with Gasteiger partial charge in [-0.2, -0.15) is 0 Å². The molecule has 1 saturated heterocycles. The first-order valence-electron chi connectivity index (χ1n) is 10.0. The van der Waals surface area contributed by atoms with Crippen LogP contribution in [-0.2, 0) is 21.5 Å². The first-order valence-corrected chi connectivity index (χ1v) is 10.4. The number of nitrogens with zero attached hydrogens (tertiary/aromatic N) is 1. The quantitative estimate of drug-likeness (QED) is 0.657. The molecule has 2 aromatic rings. The van der Waals surface area contributed by atoms with E-state index in [4.69, 9.17) is 11.6 Å². The van der Waals surface area contributed by atoms with Gasteiger partial charge in [0.25, 0.3) is 5.91 Å². The molecular formula is C23H26ClN3O3. The number of nitrogens with one attached hydrogen (secondary N) is 2. The molecule has 1 fully saturated rings. The van der Waals surface area contributed by atoms with Crippen LogP contribution in [0.3, 0.4) is 0 Å². The van der Waals surface area contributed by atoms with Gasteiger partial charge < -0.3 is 10.6 Å². The van der Waals surface area contributed by atoms with Crippen molar-refractivity contribution >= 4 is 29.4 Å². The monoisotopic (exact) mass is 427 g/mol. The van der Waals surface area contributed by atoms with Gasteiger partial charge >= 0.3 is 6.03 Å². The first kappa shape index (κ1) is 21.8. The lowest BCUT2D eigenvalue weighted by Gasteiger charge is -2.23. The number of halogens is 1. The smallest absolute Gasteiger partial charge is 0.325 e. The molecule has 0 bridgehead atoms. The molecule has 0 aliphatic carbocycles. The first-order chi connectivity index (χ1) is 14.3. The van der Waals surface area contributed by atoms with Crippen molar-refractivity contribution in [3.63, 3.8) is 0 Å². The molecule has 0 radical (unpaired) electrons. The van der Waals surface area contributed by atoms with Crippen molar-refractivity contribution in [2.75, 3.05) is 6.54 Å². The summed E-state index contributed by atoms with van der Waals surface area (Å²) in [5.74, 6) is -0.884. The van der Waals surface area contributed by atoms with Gasteiger partial charge in [0.1, 0.15) is 12.1 Å². The van der Waals surface area contributed by atoms with Crippen molar-refractivity contribution in [3.8, 4) is 0 Å². The molecule has 2 N–H and O–H groups in total. The molecule has 0 aromatic heterocycles. The molecule has 4 amide bonds. The van der Waals surface area contributed by atoms with Gasteiger partial charge in [-0.3, -0.25) is 14.5 Å². The minimum Gasteiger partial charge on any atom is -0.348 e. The van der Waals surface area contributed by atoms with Crippen LogP contribution in [-0.4, -0.2) is 29.3 Å². The van der Waals surface area contributed by atoms with E-state index < -0.39 is 23.4 Å². The van der Waals surface area contributed by atoms with Crippen LogP contribution < -0.4 is 10.6 Å². The van der Waals surface area contributed by atoms with Crippen molar-refractivity contribution in [1.29, 1.82) is 0 Å². The molecular weight excluding hydrogens is 402 g/mol. The lowest BCUT2D eigenvalue weighted by Crippen LogP contribution is -2.43. The van der Waals surface area contributed by atoms with E-state index in [1.165, 1.54) is 5.56 Å². The number of carbonyl (C=O) groups excluding carboxylic acids is 3. The summed E-state index contributed by atoms with van der Waals surface area (Å²) in [7, 11) is 0. The van der Waals surface area contributed by atoms with E-state index in [0.29, 0.717) is 10.6 Å². The third kappa shape index (κ3) is 4.33. The summed E-state index contributed by atoms with van der Waals surface area (Å²) in [6.45, 7) is 5.20. The van der Waals surface area contributed by atoms with Gasteiger partial charge in [0.2, 0.25) is 5.91 Å². The van der Waals surface area contributed by atoms with Crippen molar-refractivity contribution in [2.45, 2.75) is 45.2 Å². The lowest BCUT2D eigenvalue weighted by molar-refractivity contribution is -0.135. The largest absolute Gasteiger partial charge is 0.348 e. The summed E-state index contributed by atoms with van der Waals surface area (Å²) in [6, 6.07) is 13.9. The van der Waals surface area contributed by atoms with Crippen LogP contribution in [0.4, 0.5) is 4.79 Å². The highest BCUT2D eigenvalue weighted by molar-refractivity contribution is 6.31. The molecule has 1 aliphatic heterocycles. The fourth-order valence-electron chi connectivity index (χ4n) is 3.66. The Kier molecular flexibility index (Phi) is 6.46. The Bertz CT molecular complexity index is 960. The minimum absolute atomic E-state index is 0.357. The highest BCUT2D eigenvalue weighted by Gasteiger charge is 2.49. The molecule has 30 heavy (non-hydrogen) atoms. The molecule has 1 heterocycles. The van der Waals surface area contributed by atoms with Gasteiger partial charge in [-0.15, -0.1) is 0 Å². The van der Waals surface area contributed by atoms with Gasteiger partial charge in [0, 0.05) is 5.02 Å². The average Bonchev–Trinajstić information content (AvgIpc) is 2.93. The Balaban J connectivity index is 1.70. The van der Waals surface area contributed by atoms with Crippen LogP contribution in [0.5, 0.6) is 0 Å². The maximum atomic E-state index is 13.0. The van der Waals surface area contributed by atoms with E-state index in [0.717, 1.165) is 23.3 Å². The number of hydrogen-bond acceptors (Lipinski definition) is 3. The summed E-state index contributed by atoms with van der Waals surface area (Å²) in [5, 5.41) is 6.07. The fraction of sp³-hybridized carbons (Fsp3) is 0.348. The van der Waals surface area contributed by atoms with Gasteiger partial charge in [-0.25, -0.2) is 4.79 Å². The maximum absolute atomic E-state index is 13.0. The van der Waals surface area contributed by atoms with Crippen LogP contribution in [0.15, 0.2) is 48.5 Å². The van der Waals surface area contributed by atoms with Gasteiger partial charge in [-0.05, 0) is 43.0 Å². The summed E-state index contributed by atoms with van der Waals surface area (Å²) in [6.07, 6.45) is 1.98. The number of urea groups is 1. The van der Waals surface area contributed by atoms with E-state index in [2.05, 4.69) is 17.6 Å². The second-order valence-electron chi connectivity index (χ2n) is 7.70. The number of rotatable bonds is 7. The molecule has 7 heteroatoms. The summed E-state index contributed by atoms with van der Waals surface area (Å²) >= 11 is 6.18. The summed E-state index contributed by atoms with van der Waals surface area (Å²) < 4.78 is 0. The molecule has 0 spiro atoms. The second-order valence-corrected chi connectivity index (χ2v) is 8.11. The second kappa shape index (κ2) is 8.88. The van der Waals surface area contributed by atoms with Crippen LogP contribution >= 0.6 is 11.6 Å². The van der Waals surface area contributed by atoms with E-state index in [-0.39, 0.29) is 12.6 Å². The molecule has 6 nitrogen and oxygen atoms in total. The topological polar surface area (TPSA) is 78.5 Å². The molecule has 1 aliphatic rings. The molecule has 3 rings (SSSR count). The van der Waals surface area contributed by atoms with Crippen LogP contribution in [0.2, 0.25) is 5.02 Å². The van der Waals surface area contributed by atoms with Crippen molar-refractivity contribution in [1.82, 2.24) is 15.5 Å². The molecule has 0 saturated carbocycles. The zero-order chi connectivity index (χ0) is 21.9. The number of hydrogen-bond donors (Lipinski definition) is 2.